The number of ether oxygens (including phenoxy) is 2. The summed E-state index contributed by atoms with van der Waals surface area (Å²) < 4.78 is 13.1. The third-order valence-corrected chi connectivity index (χ3v) is 5.34. The summed E-state index contributed by atoms with van der Waals surface area (Å²) in [5, 5.41) is 2.90. The van der Waals surface area contributed by atoms with Crippen LogP contribution in [0.5, 0.6) is 11.5 Å². The first-order valence-corrected chi connectivity index (χ1v) is 10.5. The third-order valence-electron chi connectivity index (χ3n) is 4.08. The van der Waals surface area contributed by atoms with Crippen molar-refractivity contribution in [3.63, 3.8) is 0 Å². The number of aryl methyl sites for hydroxylation is 1. The Morgan fingerprint density at radius 1 is 1.11 bits per heavy atom. The molecule has 0 aliphatic rings. The van der Waals surface area contributed by atoms with Crippen LogP contribution in [0.25, 0.3) is 0 Å². The van der Waals surface area contributed by atoms with Gasteiger partial charge in [0.25, 0.3) is 5.91 Å². The highest BCUT2D eigenvalue weighted by molar-refractivity contribution is 14.1. The van der Waals surface area contributed by atoms with E-state index in [4.69, 9.17) is 9.47 Å². The Morgan fingerprint density at radius 3 is 2.54 bits per heavy atom. The number of hydrogen-bond acceptors (Lipinski definition) is 3. The normalized spacial score (nSPS) is 10.4. The predicted octanol–water partition coefficient (Wildman–Crippen LogP) is 6.20. The summed E-state index contributed by atoms with van der Waals surface area (Å²) in [7, 11) is 1.56. The van der Waals surface area contributed by atoms with Gasteiger partial charge in [-0.15, -0.1) is 0 Å². The molecule has 1 N–H and O–H groups in total. The molecule has 0 atom stereocenters. The van der Waals surface area contributed by atoms with Gasteiger partial charge < -0.3 is 14.8 Å². The fourth-order valence-electron chi connectivity index (χ4n) is 2.60. The van der Waals surface area contributed by atoms with E-state index >= 15 is 0 Å². The van der Waals surface area contributed by atoms with Crippen molar-refractivity contribution in [3.8, 4) is 11.5 Å². The predicted molar refractivity (Wildman–Crippen MR) is 123 cm³/mol. The van der Waals surface area contributed by atoms with Crippen molar-refractivity contribution >= 4 is 50.1 Å². The Hall–Kier alpha value is -2.06. The van der Waals surface area contributed by atoms with Crippen molar-refractivity contribution in [3.05, 3.63) is 85.4 Å². The fourth-order valence-corrected chi connectivity index (χ4v) is 3.70. The minimum absolute atomic E-state index is 0.217. The van der Waals surface area contributed by atoms with E-state index in [9.17, 15) is 4.79 Å². The zero-order valence-corrected chi connectivity index (χ0v) is 19.2. The molecule has 1 amide bonds. The molecule has 28 heavy (non-hydrogen) atoms. The Bertz CT molecular complexity index is 990. The Morgan fingerprint density at radius 2 is 1.86 bits per heavy atom. The number of hydrogen-bond donors (Lipinski definition) is 1. The lowest BCUT2D eigenvalue weighted by Crippen LogP contribution is -2.12. The smallest absolute Gasteiger partial charge is 0.255 e. The van der Waals surface area contributed by atoms with E-state index in [0.717, 1.165) is 14.8 Å². The zero-order valence-electron chi connectivity index (χ0n) is 15.5. The molecule has 144 valence electrons. The molecule has 0 fully saturated rings. The van der Waals surface area contributed by atoms with Gasteiger partial charge in [-0.25, -0.2) is 0 Å². The summed E-state index contributed by atoms with van der Waals surface area (Å²) in [6.45, 7) is 2.45. The number of rotatable bonds is 6. The second kappa shape index (κ2) is 9.43. The maximum absolute atomic E-state index is 12.6. The van der Waals surface area contributed by atoms with Gasteiger partial charge in [0.1, 0.15) is 6.61 Å². The van der Waals surface area contributed by atoms with Gasteiger partial charge in [-0.2, -0.15) is 0 Å². The minimum Gasteiger partial charge on any atom is -0.493 e. The number of nitrogens with one attached hydrogen (secondary N) is 1. The van der Waals surface area contributed by atoms with Crippen LogP contribution in [-0.2, 0) is 6.61 Å². The molecule has 0 radical (unpaired) electrons. The Kier molecular flexibility index (Phi) is 6.96. The molecule has 0 aliphatic heterocycles. The van der Waals surface area contributed by atoms with E-state index < -0.39 is 0 Å². The lowest BCUT2D eigenvalue weighted by Gasteiger charge is -2.15. The van der Waals surface area contributed by atoms with Crippen molar-refractivity contribution in [2.75, 3.05) is 12.4 Å². The van der Waals surface area contributed by atoms with E-state index in [1.807, 2.05) is 55.5 Å². The SMILES string of the molecule is COc1cc(C(=O)Nc2cccc(I)c2)cc(Br)c1OCc1ccc(C)cc1. The summed E-state index contributed by atoms with van der Waals surface area (Å²) in [6.07, 6.45) is 0. The number of carbonyl (C=O) groups excluding carboxylic acids is 1. The van der Waals surface area contributed by atoms with Crippen LogP contribution in [-0.4, -0.2) is 13.0 Å². The second-order valence-electron chi connectivity index (χ2n) is 6.23. The van der Waals surface area contributed by atoms with E-state index in [1.165, 1.54) is 5.56 Å². The topological polar surface area (TPSA) is 47.6 Å². The summed E-state index contributed by atoms with van der Waals surface area (Å²) in [5.41, 5.74) is 3.47. The molecular formula is C22H19BrINO3. The molecule has 3 aromatic carbocycles. The highest BCUT2D eigenvalue weighted by Crippen LogP contribution is 2.37. The standard InChI is InChI=1S/C22H19BrINO3/c1-14-6-8-15(9-7-14)13-28-21-19(23)10-16(11-20(21)27-2)22(26)25-18-5-3-4-17(24)12-18/h3-12H,13H2,1-2H3,(H,25,26). The lowest BCUT2D eigenvalue weighted by molar-refractivity contribution is 0.102. The zero-order chi connectivity index (χ0) is 20.1. The summed E-state index contributed by atoms with van der Waals surface area (Å²) >= 11 is 5.71. The monoisotopic (exact) mass is 551 g/mol. The molecule has 6 heteroatoms. The molecule has 3 rings (SSSR count). The van der Waals surface area contributed by atoms with Gasteiger partial charge in [-0.1, -0.05) is 35.9 Å². The second-order valence-corrected chi connectivity index (χ2v) is 8.33. The van der Waals surface area contributed by atoms with Gasteiger partial charge in [-0.3, -0.25) is 4.79 Å². The van der Waals surface area contributed by atoms with Crippen LogP contribution in [0, 0.1) is 10.5 Å². The average molecular weight is 552 g/mol. The maximum Gasteiger partial charge on any atom is 0.255 e. The van der Waals surface area contributed by atoms with Crippen molar-refractivity contribution in [2.45, 2.75) is 13.5 Å². The summed E-state index contributed by atoms with van der Waals surface area (Å²) in [6, 6.07) is 19.2. The van der Waals surface area contributed by atoms with Crippen LogP contribution in [0.15, 0.2) is 65.1 Å². The first-order chi connectivity index (χ1) is 13.5. The van der Waals surface area contributed by atoms with E-state index in [0.29, 0.717) is 28.1 Å². The number of methoxy groups -OCH3 is 1. The van der Waals surface area contributed by atoms with Crippen LogP contribution < -0.4 is 14.8 Å². The number of amides is 1. The van der Waals surface area contributed by atoms with E-state index in [2.05, 4.69) is 43.8 Å². The molecule has 3 aromatic rings. The van der Waals surface area contributed by atoms with Gasteiger partial charge in [0.15, 0.2) is 11.5 Å². The van der Waals surface area contributed by atoms with E-state index in [-0.39, 0.29) is 5.91 Å². The van der Waals surface area contributed by atoms with Gasteiger partial charge in [-0.05, 0) is 81.3 Å². The third kappa shape index (κ3) is 5.26. The molecule has 0 aliphatic carbocycles. The number of benzene rings is 3. The molecule has 0 spiro atoms. The summed E-state index contributed by atoms with van der Waals surface area (Å²) in [4.78, 5) is 12.6. The van der Waals surface area contributed by atoms with Crippen LogP contribution >= 0.6 is 38.5 Å². The van der Waals surface area contributed by atoms with Crippen molar-refractivity contribution < 1.29 is 14.3 Å². The van der Waals surface area contributed by atoms with Gasteiger partial charge in [0.05, 0.1) is 11.6 Å². The first-order valence-electron chi connectivity index (χ1n) is 8.59. The largest absolute Gasteiger partial charge is 0.493 e. The van der Waals surface area contributed by atoms with Crippen molar-refractivity contribution in [2.24, 2.45) is 0 Å². The van der Waals surface area contributed by atoms with Crippen LogP contribution in [0.1, 0.15) is 21.5 Å². The number of carbonyl (C=O) groups is 1. The molecule has 0 heterocycles. The number of anilines is 1. The molecule has 4 nitrogen and oxygen atoms in total. The first kappa shape index (κ1) is 20.7. The number of halogens is 2. The highest BCUT2D eigenvalue weighted by atomic mass is 127. The highest BCUT2D eigenvalue weighted by Gasteiger charge is 2.16. The van der Waals surface area contributed by atoms with E-state index in [1.54, 1.807) is 19.2 Å². The van der Waals surface area contributed by atoms with Crippen LogP contribution in [0.4, 0.5) is 5.69 Å². The van der Waals surface area contributed by atoms with Crippen LogP contribution in [0.3, 0.4) is 0 Å². The average Bonchev–Trinajstić information content (AvgIpc) is 2.67. The van der Waals surface area contributed by atoms with Crippen molar-refractivity contribution in [1.82, 2.24) is 0 Å². The van der Waals surface area contributed by atoms with Crippen LogP contribution in [0.2, 0.25) is 0 Å². The molecule has 0 saturated carbocycles. The fraction of sp³-hybridized carbons (Fsp3) is 0.136. The maximum atomic E-state index is 12.6. The molecule has 0 bridgehead atoms. The van der Waals surface area contributed by atoms with Crippen molar-refractivity contribution in [1.29, 1.82) is 0 Å². The van der Waals surface area contributed by atoms with Gasteiger partial charge in [0.2, 0.25) is 0 Å². The van der Waals surface area contributed by atoms with Gasteiger partial charge in [0, 0.05) is 14.8 Å². The summed E-state index contributed by atoms with van der Waals surface area (Å²) in [5.74, 6) is 0.842. The Balaban J connectivity index is 1.78. The molecule has 0 aromatic heterocycles. The quantitative estimate of drug-likeness (QED) is 0.371. The minimum atomic E-state index is -0.217. The van der Waals surface area contributed by atoms with Gasteiger partial charge >= 0.3 is 0 Å². The lowest BCUT2D eigenvalue weighted by atomic mass is 10.1. The molecule has 0 saturated heterocycles. The Labute approximate surface area is 186 Å². The molecular weight excluding hydrogens is 533 g/mol. The molecule has 0 unspecified atom stereocenters.